The predicted molar refractivity (Wildman–Crippen MR) is 74.9 cm³/mol. The Morgan fingerprint density at radius 3 is 2.60 bits per heavy atom. The van der Waals surface area contributed by atoms with Crippen LogP contribution in [-0.4, -0.2) is 19.3 Å². The Hall–Kier alpha value is -2.43. The molecule has 0 atom stereocenters. The number of hydrogen-bond donors (Lipinski definition) is 2. The topological polar surface area (TPSA) is 50.7 Å². The fraction of sp³-hybridized carbons (Fsp3) is 0.200. The van der Waals surface area contributed by atoms with Crippen molar-refractivity contribution < 1.29 is 19.0 Å². The standard InChI is InChI=1S/C15H16FNO3/c1-19-12-4-6-14(18)10(7-12)9-17-11-3-5-13(16)15(8-11)20-2/h3-8,17-18H,9H2,1-2H3. The Bertz CT molecular complexity index is 602. The van der Waals surface area contributed by atoms with Gasteiger partial charge in [0, 0.05) is 23.9 Å². The molecule has 0 amide bonds. The number of rotatable bonds is 5. The summed E-state index contributed by atoms with van der Waals surface area (Å²) in [5, 5.41) is 12.9. The Balaban J connectivity index is 2.12. The highest BCUT2D eigenvalue weighted by molar-refractivity contribution is 5.50. The van der Waals surface area contributed by atoms with Crippen LogP contribution in [0.5, 0.6) is 17.2 Å². The molecule has 4 nitrogen and oxygen atoms in total. The molecular formula is C15H16FNO3. The first-order valence-corrected chi connectivity index (χ1v) is 6.07. The van der Waals surface area contributed by atoms with Crippen LogP contribution in [0.15, 0.2) is 36.4 Å². The van der Waals surface area contributed by atoms with Crippen molar-refractivity contribution in [1.82, 2.24) is 0 Å². The summed E-state index contributed by atoms with van der Waals surface area (Å²) in [6.45, 7) is 0.387. The molecular weight excluding hydrogens is 261 g/mol. The minimum atomic E-state index is -0.415. The van der Waals surface area contributed by atoms with E-state index in [1.807, 2.05) is 0 Å². The van der Waals surface area contributed by atoms with E-state index in [1.54, 1.807) is 37.4 Å². The van der Waals surface area contributed by atoms with Gasteiger partial charge in [0.2, 0.25) is 0 Å². The maximum Gasteiger partial charge on any atom is 0.165 e. The van der Waals surface area contributed by atoms with Gasteiger partial charge in [-0.25, -0.2) is 4.39 Å². The van der Waals surface area contributed by atoms with Crippen LogP contribution in [0, 0.1) is 5.82 Å². The van der Waals surface area contributed by atoms with Crippen molar-refractivity contribution in [2.75, 3.05) is 19.5 Å². The highest BCUT2D eigenvalue weighted by Gasteiger charge is 2.06. The van der Waals surface area contributed by atoms with Crippen LogP contribution >= 0.6 is 0 Å². The van der Waals surface area contributed by atoms with Crippen LogP contribution in [-0.2, 0) is 6.54 Å². The number of benzene rings is 2. The Labute approximate surface area is 116 Å². The first-order chi connectivity index (χ1) is 9.63. The molecule has 0 unspecified atom stereocenters. The number of ether oxygens (including phenoxy) is 2. The summed E-state index contributed by atoms with van der Waals surface area (Å²) in [7, 11) is 2.98. The lowest BCUT2D eigenvalue weighted by Crippen LogP contribution is -2.01. The third kappa shape index (κ3) is 3.12. The fourth-order valence-electron chi connectivity index (χ4n) is 1.80. The lowest BCUT2D eigenvalue weighted by Gasteiger charge is -2.11. The predicted octanol–water partition coefficient (Wildman–Crippen LogP) is 3.16. The molecule has 2 aromatic carbocycles. The van der Waals surface area contributed by atoms with Gasteiger partial charge in [-0.3, -0.25) is 0 Å². The number of methoxy groups -OCH3 is 2. The minimum absolute atomic E-state index is 0.171. The molecule has 5 heteroatoms. The van der Waals surface area contributed by atoms with Gasteiger partial charge in [0.1, 0.15) is 11.5 Å². The zero-order valence-corrected chi connectivity index (χ0v) is 11.3. The zero-order valence-electron chi connectivity index (χ0n) is 11.3. The molecule has 0 radical (unpaired) electrons. The molecule has 2 N–H and O–H groups in total. The monoisotopic (exact) mass is 277 g/mol. The number of halogens is 1. The normalized spacial score (nSPS) is 10.2. The van der Waals surface area contributed by atoms with Crippen LogP contribution in [0.25, 0.3) is 0 Å². The van der Waals surface area contributed by atoms with E-state index in [0.717, 1.165) is 0 Å². The van der Waals surface area contributed by atoms with Crippen molar-refractivity contribution >= 4 is 5.69 Å². The number of phenolic OH excluding ortho intramolecular Hbond substituents is 1. The quantitative estimate of drug-likeness (QED) is 0.881. The van der Waals surface area contributed by atoms with Crippen LogP contribution < -0.4 is 14.8 Å². The summed E-state index contributed by atoms with van der Waals surface area (Å²) in [5.41, 5.74) is 1.39. The van der Waals surface area contributed by atoms with E-state index in [-0.39, 0.29) is 11.5 Å². The maximum absolute atomic E-state index is 13.3. The number of anilines is 1. The summed E-state index contributed by atoms with van der Waals surface area (Å²) in [4.78, 5) is 0. The molecule has 0 aliphatic heterocycles. The van der Waals surface area contributed by atoms with Gasteiger partial charge in [-0.1, -0.05) is 0 Å². The van der Waals surface area contributed by atoms with Gasteiger partial charge in [-0.2, -0.15) is 0 Å². The Kier molecular flexibility index (Phi) is 4.30. The second kappa shape index (κ2) is 6.14. The SMILES string of the molecule is COc1ccc(O)c(CNc2ccc(F)c(OC)c2)c1. The van der Waals surface area contributed by atoms with Gasteiger partial charge in [-0.05, 0) is 30.3 Å². The van der Waals surface area contributed by atoms with Crippen molar-refractivity contribution in [3.63, 3.8) is 0 Å². The smallest absolute Gasteiger partial charge is 0.165 e. The lowest BCUT2D eigenvalue weighted by molar-refractivity contribution is 0.387. The summed E-state index contributed by atoms with van der Waals surface area (Å²) < 4.78 is 23.3. The second-order valence-corrected chi connectivity index (χ2v) is 4.20. The van der Waals surface area contributed by atoms with Gasteiger partial charge < -0.3 is 19.9 Å². The zero-order chi connectivity index (χ0) is 14.5. The van der Waals surface area contributed by atoms with E-state index in [0.29, 0.717) is 23.5 Å². The molecule has 2 aromatic rings. The summed E-state index contributed by atoms with van der Waals surface area (Å²) in [6, 6.07) is 9.48. The largest absolute Gasteiger partial charge is 0.508 e. The summed E-state index contributed by atoms with van der Waals surface area (Å²) in [5.74, 6) is 0.593. The van der Waals surface area contributed by atoms with Crippen molar-refractivity contribution in [1.29, 1.82) is 0 Å². The molecule has 0 aromatic heterocycles. The molecule has 2 rings (SSSR count). The van der Waals surface area contributed by atoms with Crippen molar-refractivity contribution in [2.45, 2.75) is 6.54 Å². The Morgan fingerprint density at radius 2 is 1.90 bits per heavy atom. The summed E-state index contributed by atoms with van der Waals surface area (Å²) in [6.07, 6.45) is 0. The van der Waals surface area contributed by atoms with E-state index in [1.165, 1.54) is 13.2 Å². The van der Waals surface area contributed by atoms with Gasteiger partial charge in [0.25, 0.3) is 0 Å². The van der Waals surface area contributed by atoms with Crippen LogP contribution in [0.2, 0.25) is 0 Å². The Morgan fingerprint density at radius 1 is 1.10 bits per heavy atom. The van der Waals surface area contributed by atoms with E-state index in [4.69, 9.17) is 9.47 Å². The number of hydrogen-bond acceptors (Lipinski definition) is 4. The molecule has 20 heavy (non-hydrogen) atoms. The average molecular weight is 277 g/mol. The first-order valence-electron chi connectivity index (χ1n) is 6.07. The summed E-state index contributed by atoms with van der Waals surface area (Å²) >= 11 is 0. The van der Waals surface area contributed by atoms with Crippen molar-refractivity contribution in [3.8, 4) is 17.2 Å². The van der Waals surface area contributed by atoms with Gasteiger partial charge >= 0.3 is 0 Å². The average Bonchev–Trinajstić information content (AvgIpc) is 2.47. The van der Waals surface area contributed by atoms with E-state index in [9.17, 15) is 9.50 Å². The molecule has 0 spiro atoms. The lowest BCUT2D eigenvalue weighted by atomic mass is 10.2. The van der Waals surface area contributed by atoms with Crippen LogP contribution in [0.4, 0.5) is 10.1 Å². The van der Waals surface area contributed by atoms with Crippen molar-refractivity contribution in [2.24, 2.45) is 0 Å². The molecule has 0 saturated carbocycles. The molecule has 0 aliphatic rings. The van der Waals surface area contributed by atoms with E-state index < -0.39 is 5.82 Å². The molecule has 0 heterocycles. The van der Waals surface area contributed by atoms with Gasteiger partial charge in [0.15, 0.2) is 11.6 Å². The maximum atomic E-state index is 13.3. The molecule has 0 fully saturated rings. The van der Waals surface area contributed by atoms with Gasteiger partial charge in [-0.15, -0.1) is 0 Å². The third-order valence-corrected chi connectivity index (χ3v) is 2.92. The number of aromatic hydroxyl groups is 1. The fourth-order valence-corrected chi connectivity index (χ4v) is 1.80. The number of phenols is 1. The minimum Gasteiger partial charge on any atom is -0.508 e. The molecule has 106 valence electrons. The third-order valence-electron chi connectivity index (χ3n) is 2.92. The van der Waals surface area contributed by atoms with Gasteiger partial charge in [0.05, 0.1) is 14.2 Å². The van der Waals surface area contributed by atoms with E-state index >= 15 is 0 Å². The van der Waals surface area contributed by atoms with Crippen LogP contribution in [0.3, 0.4) is 0 Å². The first kappa shape index (κ1) is 14.0. The highest BCUT2D eigenvalue weighted by atomic mass is 19.1. The highest BCUT2D eigenvalue weighted by Crippen LogP contribution is 2.25. The molecule has 0 bridgehead atoms. The van der Waals surface area contributed by atoms with Crippen LogP contribution in [0.1, 0.15) is 5.56 Å². The molecule has 0 aliphatic carbocycles. The van der Waals surface area contributed by atoms with Crippen molar-refractivity contribution in [3.05, 3.63) is 47.8 Å². The molecule has 0 saturated heterocycles. The second-order valence-electron chi connectivity index (χ2n) is 4.20. The number of nitrogens with one attached hydrogen (secondary N) is 1. The van der Waals surface area contributed by atoms with E-state index in [2.05, 4.69) is 5.32 Å².